The van der Waals surface area contributed by atoms with Gasteiger partial charge >= 0.3 is 0 Å². The van der Waals surface area contributed by atoms with Gasteiger partial charge in [-0.15, -0.1) is 0 Å². The molecule has 6 heteroatoms. The molecule has 1 aromatic carbocycles. The number of aromatic nitrogens is 1. The van der Waals surface area contributed by atoms with Gasteiger partial charge in [0.2, 0.25) is 10.0 Å². The van der Waals surface area contributed by atoms with Crippen molar-refractivity contribution in [2.75, 3.05) is 18.9 Å². The lowest BCUT2D eigenvalue weighted by molar-refractivity contribution is 0.551. The van der Waals surface area contributed by atoms with Crippen LogP contribution < -0.4 is 10.0 Å². The summed E-state index contributed by atoms with van der Waals surface area (Å²) in [6.07, 6.45) is 0.819. The predicted octanol–water partition coefficient (Wildman–Crippen LogP) is 2.60. The van der Waals surface area contributed by atoms with Crippen molar-refractivity contribution in [2.45, 2.75) is 25.2 Å². The molecule has 2 rings (SSSR count). The first kappa shape index (κ1) is 15.7. The first-order chi connectivity index (χ1) is 9.92. The highest BCUT2D eigenvalue weighted by Crippen LogP contribution is 2.19. The summed E-state index contributed by atoms with van der Waals surface area (Å²) < 4.78 is 27.1. The molecule has 0 radical (unpaired) electrons. The van der Waals surface area contributed by atoms with E-state index in [1.54, 1.807) is 25.2 Å². The van der Waals surface area contributed by atoms with Crippen molar-refractivity contribution in [1.82, 2.24) is 9.71 Å². The highest BCUT2D eigenvalue weighted by atomic mass is 32.2. The van der Waals surface area contributed by atoms with Gasteiger partial charge in [-0.25, -0.2) is 18.1 Å². The monoisotopic (exact) mass is 307 g/mol. The maximum atomic E-state index is 12.2. The van der Waals surface area contributed by atoms with Crippen molar-refractivity contribution in [3.05, 3.63) is 30.3 Å². The van der Waals surface area contributed by atoms with Crippen LogP contribution in [0.1, 0.15) is 20.3 Å². The second kappa shape index (κ2) is 6.41. The summed E-state index contributed by atoms with van der Waals surface area (Å²) in [6.45, 7) is 4.58. The third-order valence-electron chi connectivity index (χ3n) is 3.24. The number of benzene rings is 1. The first-order valence-electron chi connectivity index (χ1n) is 7.00. The average molecular weight is 307 g/mol. The molecule has 0 unspecified atom stereocenters. The van der Waals surface area contributed by atoms with Crippen molar-refractivity contribution in [3.8, 4) is 0 Å². The molecular formula is C15H21N3O2S. The van der Waals surface area contributed by atoms with Gasteiger partial charge in [0.25, 0.3) is 0 Å². The smallest absolute Gasteiger partial charge is 0.240 e. The average Bonchev–Trinajstić information content (AvgIpc) is 2.45. The zero-order chi connectivity index (χ0) is 15.5. The van der Waals surface area contributed by atoms with Gasteiger partial charge in [-0.3, -0.25) is 0 Å². The second-order valence-electron chi connectivity index (χ2n) is 5.38. The highest BCUT2D eigenvalue weighted by molar-refractivity contribution is 7.89. The normalized spacial score (nSPS) is 12.0. The summed E-state index contributed by atoms with van der Waals surface area (Å²) >= 11 is 0. The lowest BCUT2D eigenvalue weighted by Crippen LogP contribution is -2.25. The van der Waals surface area contributed by atoms with E-state index in [-0.39, 0.29) is 4.90 Å². The quantitative estimate of drug-likeness (QED) is 0.860. The molecule has 0 amide bonds. The molecule has 2 N–H and O–H groups in total. The van der Waals surface area contributed by atoms with Crippen LogP contribution in [-0.2, 0) is 10.0 Å². The molecule has 0 saturated carbocycles. The van der Waals surface area contributed by atoms with E-state index >= 15 is 0 Å². The van der Waals surface area contributed by atoms with E-state index in [1.807, 2.05) is 12.1 Å². The van der Waals surface area contributed by atoms with E-state index in [1.165, 1.54) is 0 Å². The lowest BCUT2D eigenvalue weighted by atomic mass is 10.1. The lowest BCUT2D eigenvalue weighted by Gasteiger charge is -2.09. The van der Waals surface area contributed by atoms with Crippen LogP contribution in [0.15, 0.2) is 35.2 Å². The number of rotatable bonds is 6. The molecule has 2 aromatic rings. The summed E-state index contributed by atoms with van der Waals surface area (Å²) in [4.78, 5) is 4.65. The molecule has 1 heterocycles. The van der Waals surface area contributed by atoms with Crippen molar-refractivity contribution in [3.63, 3.8) is 0 Å². The summed E-state index contributed by atoms with van der Waals surface area (Å²) in [7, 11) is -1.66. The molecule has 21 heavy (non-hydrogen) atoms. The Morgan fingerprint density at radius 3 is 2.62 bits per heavy atom. The van der Waals surface area contributed by atoms with Crippen LogP contribution in [0.2, 0.25) is 0 Å². The molecule has 0 fully saturated rings. The van der Waals surface area contributed by atoms with Gasteiger partial charge in [-0.1, -0.05) is 13.8 Å². The fourth-order valence-electron chi connectivity index (χ4n) is 1.98. The molecule has 0 atom stereocenters. The topological polar surface area (TPSA) is 71.1 Å². The summed E-state index contributed by atoms with van der Waals surface area (Å²) in [5, 5.41) is 3.77. The van der Waals surface area contributed by atoms with E-state index in [4.69, 9.17) is 0 Å². The number of hydrogen-bond donors (Lipinski definition) is 2. The molecule has 0 aliphatic carbocycles. The molecule has 0 aliphatic rings. The number of sulfonamides is 1. The summed E-state index contributed by atoms with van der Waals surface area (Å²) in [6, 6.07) is 8.66. The minimum Gasteiger partial charge on any atom is -0.373 e. The third-order valence-corrected chi connectivity index (χ3v) is 4.70. The Bertz CT molecular complexity index is 727. The predicted molar refractivity (Wildman–Crippen MR) is 85.9 cm³/mol. The molecule has 1 aromatic heterocycles. The maximum Gasteiger partial charge on any atom is 0.240 e. The van der Waals surface area contributed by atoms with Gasteiger partial charge in [0.1, 0.15) is 5.82 Å². The Labute approximate surface area is 125 Å². The van der Waals surface area contributed by atoms with Gasteiger partial charge in [-0.05, 0) is 42.7 Å². The van der Waals surface area contributed by atoms with E-state index < -0.39 is 10.0 Å². The van der Waals surface area contributed by atoms with Crippen molar-refractivity contribution >= 4 is 26.7 Å². The molecule has 0 spiro atoms. The summed E-state index contributed by atoms with van der Waals surface area (Å²) in [5.41, 5.74) is 0.767. The Hall–Kier alpha value is -1.66. The van der Waals surface area contributed by atoms with E-state index in [0.717, 1.165) is 23.1 Å². The fourth-order valence-corrected chi connectivity index (χ4v) is 3.06. The van der Waals surface area contributed by atoms with Crippen LogP contribution in [0.3, 0.4) is 0 Å². The van der Waals surface area contributed by atoms with Crippen LogP contribution in [0.25, 0.3) is 10.9 Å². The van der Waals surface area contributed by atoms with Crippen LogP contribution in [0.5, 0.6) is 0 Å². The van der Waals surface area contributed by atoms with Gasteiger partial charge in [0, 0.05) is 19.0 Å². The van der Waals surface area contributed by atoms with Crippen molar-refractivity contribution in [2.24, 2.45) is 5.92 Å². The number of fused-ring (bicyclic) bond motifs is 1. The largest absolute Gasteiger partial charge is 0.373 e. The van der Waals surface area contributed by atoms with E-state index in [2.05, 4.69) is 28.9 Å². The van der Waals surface area contributed by atoms with Crippen LogP contribution in [0, 0.1) is 5.92 Å². The number of nitrogens with one attached hydrogen (secondary N) is 2. The number of anilines is 1. The third kappa shape index (κ3) is 3.92. The van der Waals surface area contributed by atoms with Crippen LogP contribution >= 0.6 is 0 Å². The Morgan fingerprint density at radius 1 is 1.19 bits per heavy atom. The Kier molecular flexibility index (Phi) is 4.80. The number of pyridine rings is 1. The van der Waals surface area contributed by atoms with Gasteiger partial charge in [-0.2, -0.15) is 0 Å². The summed E-state index contributed by atoms with van der Waals surface area (Å²) in [5.74, 6) is 1.22. The van der Waals surface area contributed by atoms with E-state index in [0.29, 0.717) is 12.5 Å². The van der Waals surface area contributed by atoms with Crippen LogP contribution in [-0.4, -0.2) is 27.0 Å². The fraction of sp³-hybridized carbons (Fsp3) is 0.400. The zero-order valence-electron chi connectivity index (χ0n) is 12.6. The molecule has 0 bridgehead atoms. The first-order valence-corrected chi connectivity index (χ1v) is 8.49. The molecule has 5 nitrogen and oxygen atoms in total. The van der Waals surface area contributed by atoms with Crippen LogP contribution in [0.4, 0.5) is 5.82 Å². The minimum atomic E-state index is -3.46. The molecule has 0 aliphatic heterocycles. The molecule has 0 saturated heterocycles. The zero-order valence-corrected chi connectivity index (χ0v) is 13.4. The molecular weight excluding hydrogens is 286 g/mol. The van der Waals surface area contributed by atoms with Crippen molar-refractivity contribution in [1.29, 1.82) is 0 Å². The maximum absolute atomic E-state index is 12.2. The Balaban J connectivity index is 2.25. The standard InChI is InChI=1S/C15H21N3O2S/c1-11(2)8-9-17-21(19,20)13-5-6-14-12(10-13)4-7-15(16-3)18-14/h4-7,10-11,17H,8-9H2,1-3H3,(H,16,18). The van der Waals surface area contributed by atoms with E-state index in [9.17, 15) is 8.42 Å². The minimum absolute atomic E-state index is 0.276. The number of hydrogen-bond acceptors (Lipinski definition) is 4. The van der Waals surface area contributed by atoms with Crippen molar-refractivity contribution < 1.29 is 8.42 Å². The SMILES string of the molecule is CNc1ccc2cc(S(=O)(=O)NCCC(C)C)ccc2n1. The van der Waals surface area contributed by atoms with Gasteiger partial charge in [0.05, 0.1) is 10.4 Å². The highest BCUT2D eigenvalue weighted by Gasteiger charge is 2.14. The Morgan fingerprint density at radius 2 is 1.95 bits per heavy atom. The molecule has 114 valence electrons. The number of nitrogens with zero attached hydrogens (tertiary/aromatic N) is 1. The second-order valence-corrected chi connectivity index (χ2v) is 7.15. The van der Waals surface area contributed by atoms with Gasteiger partial charge in [0.15, 0.2) is 0 Å². The van der Waals surface area contributed by atoms with Gasteiger partial charge < -0.3 is 5.32 Å².